The van der Waals surface area contributed by atoms with Crippen LogP contribution in [-0.2, 0) is 27.8 Å². The molecule has 2 rings (SSSR count). The lowest BCUT2D eigenvalue weighted by molar-refractivity contribution is -0.118. The van der Waals surface area contributed by atoms with Gasteiger partial charge in [-0.2, -0.15) is 0 Å². The number of hydrogen-bond donors (Lipinski definition) is 2. The number of halogens is 1. The molecule has 152 valence electrons. The number of nitrogens with one attached hydrogen (secondary N) is 2. The standard InChI is InChI=1S/C19H23ClN2O5S/c1-13(23)21-9-8-15-10-17(26-2)18(27-3)11-19(15)28(24,25)22-12-14-4-6-16(20)7-5-14/h4-7,10-11,22H,8-9,12H2,1-3H3,(H,21,23). The number of ether oxygens (including phenoxy) is 2. The topological polar surface area (TPSA) is 93.7 Å². The van der Waals surface area contributed by atoms with Crippen LogP contribution < -0.4 is 19.5 Å². The molecule has 7 nitrogen and oxygen atoms in total. The molecule has 0 saturated carbocycles. The fraction of sp³-hybridized carbons (Fsp3) is 0.316. The van der Waals surface area contributed by atoms with Gasteiger partial charge in [0, 0.05) is 31.1 Å². The monoisotopic (exact) mass is 426 g/mol. The molecule has 0 aliphatic heterocycles. The van der Waals surface area contributed by atoms with Gasteiger partial charge in [-0.05, 0) is 35.7 Å². The fourth-order valence-electron chi connectivity index (χ4n) is 2.58. The Labute approximate surface area is 170 Å². The molecule has 0 aromatic heterocycles. The number of hydrogen-bond acceptors (Lipinski definition) is 5. The smallest absolute Gasteiger partial charge is 0.241 e. The largest absolute Gasteiger partial charge is 0.493 e. The highest BCUT2D eigenvalue weighted by Gasteiger charge is 2.22. The van der Waals surface area contributed by atoms with Crippen molar-refractivity contribution in [1.82, 2.24) is 10.0 Å². The highest BCUT2D eigenvalue weighted by atomic mass is 35.5. The third-order valence-electron chi connectivity index (χ3n) is 4.00. The first-order chi connectivity index (χ1) is 13.3. The predicted molar refractivity (Wildman–Crippen MR) is 107 cm³/mol. The van der Waals surface area contributed by atoms with Gasteiger partial charge in [0.1, 0.15) is 0 Å². The molecule has 0 atom stereocenters. The Bertz CT molecular complexity index is 930. The van der Waals surface area contributed by atoms with Crippen LogP contribution in [0, 0.1) is 0 Å². The summed E-state index contributed by atoms with van der Waals surface area (Å²) >= 11 is 5.86. The third kappa shape index (κ3) is 5.85. The van der Waals surface area contributed by atoms with Crippen LogP contribution in [-0.4, -0.2) is 35.1 Å². The van der Waals surface area contributed by atoms with E-state index < -0.39 is 10.0 Å². The summed E-state index contributed by atoms with van der Waals surface area (Å²) in [6.45, 7) is 1.81. The molecule has 2 aromatic carbocycles. The summed E-state index contributed by atoms with van der Waals surface area (Å²) in [4.78, 5) is 11.2. The molecule has 0 bridgehead atoms. The number of sulfonamides is 1. The minimum Gasteiger partial charge on any atom is -0.493 e. The number of benzene rings is 2. The minimum atomic E-state index is -3.84. The van der Waals surface area contributed by atoms with E-state index in [2.05, 4.69) is 10.0 Å². The van der Waals surface area contributed by atoms with E-state index in [1.165, 1.54) is 27.2 Å². The molecule has 0 aliphatic carbocycles. The first-order valence-corrected chi connectivity index (χ1v) is 10.4. The van der Waals surface area contributed by atoms with Crippen molar-refractivity contribution in [3.63, 3.8) is 0 Å². The van der Waals surface area contributed by atoms with Crippen molar-refractivity contribution in [2.24, 2.45) is 0 Å². The van der Waals surface area contributed by atoms with Crippen LogP contribution in [0.1, 0.15) is 18.1 Å². The van der Waals surface area contributed by atoms with E-state index in [9.17, 15) is 13.2 Å². The quantitative estimate of drug-likeness (QED) is 0.642. The summed E-state index contributed by atoms with van der Waals surface area (Å²) in [6, 6.07) is 9.92. The Morgan fingerprint density at radius 2 is 1.68 bits per heavy atom. The molecular formula is C19H23ClN2O5S. The molecule has 9 heteroatoms. The van der Waals surface area contributed by atoms with Crippen molar-refractivity contribution in [3.05, 3.63) is 52.5 Å². The van der Waals surface area contributed by atoms with Crippen molar-refractivity contribution >= 4 is 27.5 Å². The average Bonchev–Trinajstić information content (AvgIpc) is 2.66. The van der Waals surface area contributed by atoms with Gasteiger partial charge in [-0.1, -0.05) is 23.7 Å². The Balaban J connectivity index is 2.32. The highest BCUT2D eigenvalue weighted by Crippen LogP contribution is 2.33. The van der Waals surface area contributed by atoms with E-state index in [1.54, 1.807) is 30.3 Å². The summed E-state index contributed by atoms with van der Waals surface area (Å²) < 4.78 is 39.0. The lowest BCUT2D eigenvalue weighted by atomic mass is 10.1. The summed E-state index contributed by atoms with van der Waals surface area (Å²) in [5.41, 5.74) is 1.28. The number of carbonyl (C=O) groups excluding carboxylic acids is 1. The Morgan fingerprint density at radius 1 is 1.07 bits per heavy atom. The Morgan fingerprint density at radius 3 is 2.25 bits per heavy atom. The molecule has 1 amide bonds. The molecule has 2 N–H and O–H groups in total. The molecule has 0 spiro atoms. The van der Waals surface area contributed by atoms with Crippen molar-refractivity contribution in [1.29, 1.82) is 0 Å². The van der Waals surface area contributed by atoms with Crippen molar-refractivity contribution in [2.75, 3.05) is 20.8 Å². The number of methoxy groups -OCH3 is 2. The molecule has 0 fully saturated rings. The van der Waals surface area contributed by atoms with Crippen LogP contribution in [0.4, 0.5) is 0 Å². The molecule has 0 radical (unpaired) electrons. The molecule has 0 unspecified atom stereocenters. The van der Waals surface area contributed by atoms with Crippen molar-refractivity contribution < 1.29 is 22.7 Å². The molecule has 28 heavy (non-hydrogen) atoms. The van der Waals surface area contributed by atoms with Crippen LogP contribution in [0.25, 0.3) is 0 Å². The first kappa shape index (κ1) is 22.0. The zero-order valence-corrected chi connectivity index (χ0v) is 17.5. The lowest BCUT2D eigenvalue weighted by Gasteiger charge is -2.16. The molecule has 0 heterocycles. The number of amides is 1. The van der Waals surface area contributed by atoms with E-state index in [1.807, 2.05) is 0 Å². The zero-order valence-electron chi connectivity index (χ0n) is 15.9. The van der Waals surface area contributed by atoms with Crippen LogP contribution >= 0.6 is 11.6 Å². The van der Waals surface area contributed by atoms with Gasteiger partial charge in [0.15, 0.2) is 11.5 Å². The van der Waals surface area contributed by atoms with Crippen LogP contribution in [0.15, 0.2) is 41.3 Å². The number of rotatable bonds is 9. The van der Waals surface area contributed by atoms with E-state index >= 15 is 0 Å². The average molecular weight is 427 g/mol. The van der Waals surface area contributed by atoms with Crippen LogP contribution in [0.2, 0.25) is 5.02 Å². The molecule has 0 aliphatic rings. The Hall–Kier alpha value is -2.29. The van der Waals surface area contributed by atoms with E-state index in [0.29, 0.717) is 35.1 Å². The second-order valence-corrected chi connectivity index (χ2v) is 8.17. The third-order valence-corrected chi connectivity index (χ3v) is 5.74. The fourth-order valence-corrected chi connectivity index (χ4v) is 3.99. The van der Waals surface area contributed by atoms with E-state index in [-0.39, 0.29) is 17.3 Å². The normalized spacial score (nSPS) is 11.1. The second-order valence-electron chi connectivity index (χ2n) is 6.00. The first-order valence-electron chi connectivity index (χ1n) is 8.50. The van der Waals surface area contributed by atoms with Gasteiger partial charge in [-0.25, -0.2) is 13.1 Å². The predicted octanol–water partition coefficient (Wildman–Crippen LogP) is 2.51. The van der Waals surface area contributed by atoms with Gasteiger partial charge in [-0.15, -0.1) is 0 Å². The van der Waals surface area contributed by atoms with Crippen molar-refractivity contribution in [2.45, 2.75) is 24.8 Å². The SMILES string of the molecule is COc1cc(CCNC(C)=O)c(S(=O)(=O)NCc2ccc(Cl)cc2)cc1OC. The minimum absolute atomic E-state index is 0.0736. The van der Waals surface area contributed by atoms with Gasteiger partial charge in [0.25, 0.3) is 0 Å². The van der Waals surface area contributed by atoms with Gasteiger partial charge in [0.05, 0.1) is 19.1 Å². The molecular weight excluding hydrogens is 404 g/mol. The van der Waals surface area contributed by atoms with E-state index in [0.717, 1.165) is 5.56 Å². The number of carbonyl (C=O) groups is 1. The molecule has 0 saturated heterocycles. The van der Waals surface area contributed by atoms with Crippen LogP contribution in [0.5, 0.6) is 11.5 Å². The summed E-state index contributed by atoms with van der Waals surface area (Å²) in [5, 5.41) is 3.24. The maximum atomic E-state index is 12.9. The molecule has 2 aromatic rings. The lowest BCUT2D eigenvalue weighted by Crippen LogP contribution is -2.26. The summed E-state index contributed by atoms with van der Waals surface area (Å²) in [6.07, 6.45) is 0.317. The van der Waals surface area contributed by atoms with Crippen molar-refractivity contribution in [3.8, 4) is 11.5 Å². The van der Waals surface area contributed by atoms with Gasteiger partial charge < -0.3 is 14.8 Å². The van der Waals surface area contributed by atoms with Crippen LogP contribution in [0.3, 0.4) is 0 Å². The second kappa shape index (κ2) is 9.77. The maximum absolute atomic E-state index is 12.9. The summed E-state index contributed by atoms with van der Waals surface area (Å²) in [7, 11) is -0.927. The summed E-state index contributed by atoms with van der Waals surface area (Å²) in [5.74, 6) is 0.528. The van der Waals surface area contributed by atoms with Gasteiger partial charge >= 0.3 is 0 Å². The van der Waals surface area contributed by atoms with E-state index in [4.69, 9.17) is 21.1 Å². The Kier molecular flexibility index (Phi) is 7.68. The highest BCUT2D eigenvalue weighted by molar-refractivity contribution is 7.89. The zero-order chi connectivity index (χ0) is 20.7. The maximum Gasteiger partial charge on any atom is 0.241 e. The van der Waals surface area contributed by atoms with Gasteiger partial charge in [0.2, 0.25) is 15.9 Å². The van der Waals surface area contributed by atoms with Gasteiger partial charge in [-0.3, -0.25) is 4.79 Å².